The van der Waals surface area contributed by atoms with Gasteiger partial charge in [-0.2, -0.15) is 0 Å². The van der Waals surface area contributed by atoms with Gasteiger partial charge in [-0.25, -0.2) is 13.2 Å². The Hall–Kier alpha value is -2.34. The summed E-state index contributed by atoms with van der Waals surface area (Å²) in [5, 5.41) is 9.94. The number of fused-ring (bicyclic) bond motifs is 1. The standard InChI is InChI=1S/C16H12F3NO2/c17-11-6-5-10(14(18)15(11)19)16(22)20-8-7-13(21)9-3-1-2-4-12(9)20/h1-6,13,21H,7-8H2. The lowest BCUT2D eigenvalue weighted by molar-refractivity contribution is 0.0965. The summed E-state index contributed by atoms with van der Waals surface area (Å²) < 4.78 is 40.1. The zero-order chi connectivity index (χ0) is 15.9. The van der Waals surface area contributed by atoms with Gasteiger partial charge in [0.05, 0.1) is 11.7 Å². The minimum absolute atomic E-state index is 0.162. The van der Waals surface area contributed by atoms with Crippen LogP contribution in [0, 0.1) is 17.5 Å². The fraction of sp³-hybridized carbons (Fsp3) is 0.188. The van der Waals surface area contributed by atoms with E-state index in [1.165, 1.54) is 4.90 Å². The van der Waals surface area contributed by atoms with E-state index in [1.807, 2.05) is 0 Å². The van der Waals surface area contributed by atoms with Crippen LogP contribution >= 0.6 is 0 Å². The molecule has 1 aliphatic heterocycles. The van der Waals surface area contributed by atoms with Gasteiger partial charge < -0.3 is 10.0 Å². The van der Waals surface area contributed by atoms with Crippen molar-refractivity contribution in [3.63, 3.8) is 0 Å². The number of rotatable bonds is 1. The third-order valence-electron chi connectivity index (χ3n) is 3.72. The molecule has 0 saturated heterocycles. The first kappa shape index (κ1) is 14.6. The van der Waals surface area contributed by atoms with Crippen LogP contribution in [0.5, 0.6) is 0 Å². The lowest BCUT2D eigenvalue weighted by Gasteiger charge is -2.32. The molecule has 1 N–H and O–H groups in total. The maximum atomic E-state index is 13.8. The highest BCUT2D eigenvalue weighted by molar-refractivity contribution is 6.07. The number of hydrogen-bond acceptors (Lipinski definition) is 2. The van der Waals surface area contributed by atoms with Gasteiger partial charge in [-0.1, -0.05) is 18.2 Å². The molecule has 1 amide bonds. The number of aliphatic hydroxyl groups is 1. The Morgan fingerprint density at radius 3 is 2.59 bits per heavy atom. The number of para-hydroxylation sites is 1. The van der Waals surface area contributed by atoms with Crippen molar-refractivity contribution >= 4 is 11.6 Å². The number of hydrogen-bond donors (Lipinski definition) is 1. The summed E-state index contributed by atoms with van der Waals surface area (Å²) in [6.45, 7) is 0.162. The van der Waals surface area contributed by atoms with E-state index >= 15 is 0 Å². The van der Waals surface area contributed by atoms with Crippen LogP contribution in [0.3, 0.4) is 0 Å². The van der Waals surface area contributed by atoms with Crippen LogP contribution in [0.2, 0.25) is 0 Å². The highest BCUT2D eigenvalue weighted by atomic mass is 19.2. The Morgan fingerprint density at radius 1 is 1.09 bits per heavy atom. The molecule has 1 unspecified atom stereocenters. The van der Waals surface area contributed by atoms with Gasteiger partial charge in [0.15, 0.2) is 17.5 Å². The van der Waals surface area contributed by atoms with Gasteiger partial charge in [0.2, 0.25) is 0 Å². The fourth-order valence-corrected chi connectivity index (χ4v) is 2.59. The summed E-state index contributed by atoms with van der Waals surface area (Å²) in [6, 6.07) is 8.32. The quantitative estimate of drug-likeness (QED) is 0.822. The molecule has 1 heterocycles. The van der Waals surface area contributed by atoms with Gasteiger partial charge in [0.25, 0.3) is 5.91 Å². The van der Waals surface area contributed by atoms with Gasteiger partial charge in [0.1, 0.15) is 0 Å². The molecule has 3 rings (SSSR count). The number of amides is 1. The zero-order valence-corrected chi connectivity index (χ0v) is 11.4. The molecule has 114 valence electrons. The van der Waals surface area contributed by atoms with Gasteiger partial charge in [-0.15, -0.1) is 0 Å². The average molecular weight is 307 g/mol. The van der Waals surface area contributed by atoms with Crippen molar-refractivity contribution in [2.45, 2.75) is 12.5 Å². The van der Waals surface area contributed by atoms with E-state index in [0.29, 0.717) is 11.3 Å². The van der Waals surface area contributed by atoms with Crippen LogP contribution < -0.4 is 4.90 Å². The van der Waals surface area contributed by atoms with Crippen molar-refractivity contribution in [2.24, 2.45) is 0 Å². The second-order valence-electron chi connectivity index (χ2n) is 5.04. The molecule has 0 fully saturated rings. The summed E-state index contributed by atoms with van der Waals surface area (Å²) in [4.78, 5) is 13.7. The molecular weight excluding hydrogens is 295 g/mol. The fourth-order valence-electron chi connectivity index (χ4n) is 2.59. The lowest BCUT2D eigenvalue weighted by atomic mass is 9.98. The Balaban J connectivity index is 2.04. The molecule has 0 aromatic heterocycles. The number of halogens is 3. The van der Waals surface area contributed by atoms with E-state index in [-0.39, 0.29) is 13.0 Å². The minimum atomic E-state index is -1.67. The molecule has 0 bridgehead atoms. The normalized spacial score (nSPS) is 17.3. The summed E-state index contributed by atoms with van der Waals surface area (Å²) in [7, 11) is 0. The third-order valence-corrected chi connectivity index (χ3v) is 3.72. The van der Waals surface area contributed by atoms with E-state index in [9.17, 15) is 23.1 Å². The van der Waals surface area contributed by atoms with E-state index in [2.05, 4.69) is 0 Å². The molecule has 3 nitrogen and oxygen atoms in total. The Kier molecular flexibility index (Phi) is 3.62. The first-order valence-electron chi connectivity index (χ1n) is 6.73. The van der Waals surface area contributed by atoms with Crippen LogP contribution in [-0.4, -0.2) is 17.6 Å². The van der Waals surface area contributed by atoms with Crippen molar-refractivity contribution < 1.29 is 23.1 Å². The summed E-state index contributed by atoms with van der Waals surface area (Å²) in [6.07, 6.45) is -0.427. The van der Waals surface area contributed by atoms with E-state index in [0.717, 1.165) is 12.1 Å². The van der Waals surface area contributed by atoms with E-state index in [1.54, 1.807) is 24.3 Å². The zero-order valence-electron chi connectivity index (χ0n) is 11.4. The SMILES string of the molecule is O=C(c1ccc(F)c(F)c1F)N1CCC(O)c2ccccc21. The van der Waals surface area contributed by atoms with Crippen LogP contribution in [0.15, 0.2) is 36.4 Å². The van der Waals surface area contributed by atoms with Crippen molar-refractivity contribution in [3.05, 3.63) is 65.0 Å². The number of aliphatic hydroxyl groups excluding tert-OH is 1. The second kappa shape index (κ2) is 5.46. The monoisotopic (exact) mass is 307 g/mol. The number of nitrogens with zero attached hydrogens (tertiary/aromatic N) is 1. The average Bonchev–Trinajstić information content (AvgIpc) is 2.53. The third kappa shape index (κ3) is 2.25. The van der Waals surface area contributed by atoms with Crippen LogP contribution in [0.4, 0.5) is 18.9 Å². The molecule has 0 saturated carbocycles. The van der Waals surface area contributed by atoms with Crippen molar-refractivity contribution in [1.29, 1.82) is 0 Å². The number of carbonyl (C=O) groups is 1. The molecule has 1 aliphatic rings. The smallest absolute Gasteiger partial charge is 0.261 e. The van der Waals surface area contributed by atoms with Gasteiger partial charge in [0, 0.05) is 17.8 Å². The van der Waals surface area contributed by atoms with Crippen molar-refractivity contribution in [3.8, 4) is 0 Å². The molecule has 22 heavy (non-hydrogen) atoms. The van der Waals surface area contributed by atoms with Gasteiger partial charge in [-0.05, 0) is 24.6 Å². The van der Waals surface area contributed by atoms with Crippen LogP contribution in [0.1, 0.15) is 28.4 Å². The summed E-state index contributed by atoms with van der Waals surface area (Å²) >= 11 is 0. The first-order valence-corrected chi connectivity index (χ1v) is 6.73. The van der Waals surface area contributed by atoms with Crippen molar-refractivity contribution in [1.82, 2.24) is 0 Å². The largest absolute Gasteiger partial charge is 0.388 e. The molecule has 2 aromatic carbocycles. The van der Waals surface area contributed by atoms with E-state index in [4.69, 9.17) is 0 Å². The first-order chi connectivity index (χ1) is 10.5. The Bertz CT molecular complexity index is 748. The number of anilines is 1. The molecule has 1 atom stereocenters. The molecule has 6 heteroatoms. The second-order valence-corrected chi connectivity index (χ2v) is 5.04. The predicted molar refractivity (Wildman–Crippen MR) is 74.0 cm³/mol. The Morgan fingerprint density at radius 2 is 1.82 bits per heavy atom. The molecule has 2 aromatic rings. The maximum absolute atomic E-state index is 13.8. The van der Waals surface area contributed by atoms with E-state index < -0.39 is 35.0 Å². The molecular formula is C16H12F3NO2. The highest BCUT2D eigenvalue weighted by Gasteiger charge is 2.30. The summed E-state index contributed by atoms with van der Waals surface area (Å²) in [5.74, 6) is -5.29. The van der Waals surface area contributed by atoms with Gasteiger partial charge >= 0.3 is 0 Å². The Labute approximate surface area is 124 Å². The van der Waals surface area contributed by atoms with Gasteiger partial charge in [-0.3, -0.25) is 4.79 Å². The van der Waals surface area contributed by atoms with Crippen molar-refractivity contribution in [2.75, 3.05) is 11.4 Å². The molecule has 0 aliphatic carbocycles. The predicted octanol–water partition coefficient (Wildman–Crippen LogP) is 3.19. The van der Waals surface area contributed by atoms with Crippen LogP contribution in [0.25, 0.3) is 0 Å². The topological polar surface area (TPSA) is 40.5 Å². The van der Waals surface area contributed by atoms with Crippen LogP contribution in [-0.2, 0) is 0 Å². The molecule has 0 radical (unpaired) electrons. The highest BCUT2D eigenvalue weighted by Crippen LogP contribution is 2.34. The maximum Gasteiger partial charge on any atom is 0.261 e. The molecule has 0 spiro atoms. The number of benzene rings is 2. The summed E-state index contributed by atoms with van der Waals surface area (Å²) in [5.41, 5.74) is 0.450. The minimum Gasteiger partial charge on any atom is -0.388 e. The lowest BCUT2D eigenvalue weighted by Crippen LogP contribution is -2.37. The number of carbonyl (C=O) groups excluding carboxylic acids is 1.